The van der Waals surface area contributed by atoms with Gasteiger partial charge in [-0.15, -0.1) is 0 Å². The molecule has 0 bridgehead atoms. The zero-order valence-electron chi connectivity index (χ0n) is 26.2. The summed E-state index contributed by atoms with van der Waals surface area (Å²) in [6.07, 6.45) is 2.49. The van der Waals surface area contributed by atoms with Crippen LogP contribution >= 0.6 is 0 Å². The molecule has 0 unspecified atom stereocenters. The largest absolute Gasteiger partial charge is 0.480 e. The number of rotatable bonds is 16. The van der Waals surface area contributed by atoms with Crippen molar-refractivity contribution in [1.82, 2.24) is 25.8 Å². The van der Waals surface area contributed by atoms with Crippen LogP contribution in [0.1, 0.15) is 44.1 Å². The number of nitrogens with two attached hydrogens (primary N) is 3. The molecule has 0 aliphatic carbocycles. The van der Waals surface area contributed by atoms with Crippen LogP contribution in [0.4, 0.5) is 0 Å². The third kappa shape index (κ3) is 10.6. The molecule has 17 nitrogen and oxygen atoms in total. The highest BCUT2D eigenvalue weighted by atomic mass is 16.4. The summed E-state index contributed by atoms with van der Waals surface area (Å²) in [4.78, 5) is 83.3. The number of likely N-dealkylation sites (tertiary alicyclic amines) is 2. The van der Waals surface area contributed by atoms with Gasteiger partial charge < -0.3 is 53.2 Å². The van der Waals surface area contributed by atoms with Crippen LogP contribution < -0.4 is 33.2 Å². The number of amides is 5. The predicted molar refractivity (Wildman–Crippen MR) is 169 cm³/mol. The molecule has 0 saturated carbocycles. The standard InChI is InChI=1S/C30H45N9O8/c31-19(9-4-12-34-30(32)33)27(44)38-13-5-10-22(38)26(43)35-16-24(41)36-20(15-18-7-2-1-3-8-18)25(42)37-21(17-40)28(45)39-14-6-11-23(39)29(46)47/h1-3,7-8,19-23,40H,4-6,9-17,31H2,(H,35,43)(H,36,41)(H,37,42)(H,46,47)(H4,32,33,34)/t19-,20-,21-,22-,23-/m0/s1. The molecule has 2 heterocycles. The second kappa shape index (κ2) is 17.8. The Morgan fingerprint density at radius 1 is 0.915 bits per heavy atom. The summed E-state index contributed by atoms with van der Waals surface area (Å²) in [5.41, 5.74) is 17.4. The lowest BCUT2D eigenvalue weighted by Crippen LogP contribution is -2.58. The normalized spacial score (nSPS) is 19.3. The molecule has 2 saturated heterocycles. The SMILES string of the molecule is NC(N)=NCCC[C@H](N)C(=O)N1CCC[C@H]1C(=O)NCC(=O)N[C@@H](Cc1ccccc1)C(=O)N[C@@H](CO)C(=O)N1CCC[C@H]1C(=O)O. The maximum absolute atomic E-state index is 13.4. The van der Waals surface area contributed by atoms with Crippen molar-refractivity contribution in [3.63, 3.8) is 0 Å². The zero-order chi connectivity index (χ0) is 34.5. The van der Waals surface area contributed by atoms with Crippen molar-refractivity contribution >= 4 is 41.5 Å². The zero-order valence-corrected chi connectivity index (χ0v) is 26.2. The molecule has 17 heteroatoms. The number of aliphatic hydroxyl groups is 1. The van der Waals surface area contributed by atoms with E-state index in [9.17, 15) is 39.0 Å². The molecule has 2 aliphatic heterocycles. The average molecular weight is 660 g/mol. The summed E-state index contributed by atoms with van der Waals surface area (Å²) in [6, 6.07) is 3.37. The number of carboxylic acid groups (broad SMARTS) is 1. The summed E-state index contributed by atoms with van der Waals surface area (Å²) in [7, 11) is 0. The Morgan fingerprint density at radius 3 is 2.17 bits per heavy atom. The van der Waals surface area contributed by atoms with Crippen molar-refractivity contribution in [3.8, 4) is 0 Å². The number of carbonyl (C=O) groups excluding carboxylic acids is 5. The van der Waals surface area contributed by atoms with E-state index in [4.69, 9.17) is 17.2 Å². The van der Waals surface area contributed by atoms with Gasteiger partial charge in [0.15, 0.2) is 5.96 Å². The summed E-state index contributed by atoms with van der Waals surface area (Å²) in [5.74, 6) is -4.42. The topological polar surface area (TPSA) is 276 Å². The summed E-state index contributed by atoms with van der Waals surface area (Å²) in [5, 5.41) is 26.9. The van der Waals surface area contributed by atoms with Crippen molar-refractivity contribution < 1.29 is 39.0 Å². The van der Waals surface area contributed by atoms with Crippen molar-refractivity contribution in [2.24, 2.45) is 22.2 Å². The first-order chi connectivity index (χ1) is 22.4. The van der Waals surface area contributed by atoms with Gasteiger partial charge in [-0.3, -0.25) is 29.0 Å². The number of nitrogens with zero attached hydrogens (tertiary/aromatic N) is 3. The lowest BCUT2D eigenvalue weighted by Gasteiger charge is -2.28. The summed E-state index contributed by atoms with van der Waals surface area (Å²) in [6.45, 7) is -0.476. The number of aliphatic carboxylic acids is 1. The maximum Gasteiger partial charge on any atom is 0.326 e. The molecule has 47 heavy (non-hydrogen) atoms. The van der Waals surface area contributed by atoms with Crippen LogP contribution in [0.2, 0.25) is 0 Å². The van der Waals surface area contributed by atoms with E-state index in [0.29, 0.717) is 50.8 Å². The lowest BCUT2D eigenvalue weighted by molar-refractivity contribution is -0.150. The molecule has 2 fully saturated rings. The predicted octanol–water partition coefficient (Wildman–Crippen LogP) is -3.25. The van der Waals surface area contributed by atoms with Crippen molar-refractivity contribution in [3.05, 3.63) is 35.9 Å². The molecule has 0 aromatic heterocycles. The highest BCUT2D eigenvalue weighted by molar-refractivity contribution is 5.95. The molecule has 5 amide bonds. The van der Waals surface area contributed by atoms with E-state index >= 15 is 0 Å². The van der Waals surface area contributed by atoms with E-state index in [-0.39, 0.29) is 25.3 Å². The van der Waals surface area contributed by atoms with Crippen LogP contribution in [-0.4, -0.2) is 124 Å². The van der Waals surface area contributed by atoms with E-state index in [2.05, 4.69) is 20.9 Å². The first kappa shape index (κ1) is 36.7. The Labute approximate surface area is 272 Å². The van der Waals surface area contributed by atoms with Gasteiger partial charge in [-0.25, -0.2) is 4.79 Å². The van der Waals surface area contributed by atoms with Gasteiger partial charge in [0.25, 0.3) is 0 Å². The van der Waals surface area contributed by atoms with Gasteiger partial charge >= 0.3 is 5.97 Å². The van der Waals surface area contributed by atoms with Gasteiger partial charge in [0.05, 0.1) is 19.2 Å². The van der Waals surface area contributed by atoms with Gasteiger partial charge in [-0.2, -0.15) is 0 Å². The van der Waals surface area contributed by atoms with Crippen molar-refractivity contribution in [2.75, 3.05) is 32.8 Å². The van der Waals surface area contributed by atoms with Gasteiger partial charge in [0.1, 0.15) is 24.2 Å². The number of aliphatic hydroxyl groups excluding tert-OH is 1. The fourth-order valence-electron chi connectivity index (χ4n) is 5.69. The number of guanidine groups is 1. The highest BCUT2D eigenvalue weighted by Crippen LogP contribution is 2.20. The highest BCUT2D eigenvalue weighted by Gasteiger charge is 2.39. The maximum atomic E-state index is 13.4. The van der Waals surface area contributed by atoms with E-state index in [1.54, 1.807) is 30.3 Å². The Hall–Kier alpha value is -4.77. The Morgan fingerprint density at radius 2 is 1.55 bits per heavy atom. The van der Waals surface area contributed by atoms with E-state index in [1.807, 2.05) is 0 Å². The van der Waals surface area contributed by atoms with Crippen molar-refractivity contribution in [1.29, 1.82) is 0 Å². The smallest absolute Gasteiger partial charge is 0.326 e. The molecule has 3 rings (SSSR count). The first-order valence-electron chi connectivity index (χ1n) is 15.6. The number of hydrogen-bond donors (Lipinski definition) is 8. The minimum Gasteiger partial charge on any atom is -0.480 e. The van der Waals surface area contributed by atoms with Crippen LogP contribution in [0.5, 0.6) is 0 Å². The fourth-order valence-corrected chi connectivity index (χ4v) is 5.69. The quantitative estimate of drug-likeness (QED) is 0.0496. The monoisotopic (exact) mass is 659 g/mol. The molecular weight excluding hydrogens is 614 g/mol. The van der Waals surface area contributed by atoms with Crippen LogP contribution in [-0.2, 0) is 35.2 Å². The fraction of sp³-hybridized carbons (Fsp3) is 0.567. The Balaban J connectivity index is 1.60. The molecule has 1 aromatic carbocycles. The summed E-state index contributed by atoms with van der Waals surface area (Å²) >= 11 is 0. The molecule has 0 radical (unpaired) electrons. The van der Waals surface area contributed by atoms with Gasteiger partial charge in [0.2, 0.25) is 29.5 Å². The molecule has 2 aliphatic rings. The lowest BCUT2D eigenvalue weighted by atomic mass is 10.0. The van der Waals surface area contributed by atoms with Crippen LogP contribution in [0.3, 0.4) is 0 Å². The van der Waals surface area contributed by atoms with E-state index in [0.717, 1.165) is 4.90 Å². The number of nitrogens with one attached hydrogen (secondary N) is 3. The van der Waals surface area contributed by atoms with E-state index < -0.39 is 78.9 Å². The molecule has 258 valence electrons. The Kier molecular flexibility index (Phi) is 13.9. The summed E-state index contributed by atoms with van der Waals surface area (Å²) < 4.78 is 0. The third-order valence-corrected chi connectivity index (χ3v) is 8.10. The molecule has 1 aromatic rings. The number of carbonyl (C=O) groups is 6. The van der Waals surface area contributed by atoms with Crippen molar-refractivity contribution in [2.45, 2.75) is 75.2 Å². The van der Waals surface area contributed by atoms with Crippen LogP contribution in [0.25, 0.3) is 0 Å². The third-order valence-electron chi connectivity index (χ3n) is 8.10. The Bertz CT molecular complexity index is 1310. The average Bonchev–Trinajstić information content (AvgIpc) is 3.75. The number of carboxylic acids is 1. The molecule has 0 spiro atoms. The first-order valence-corrected chi connectivity index (χ1v) is 15.6. The van der Waals surface area contributed by atoms with Crippen LogP contribution in [0, 0.1) is 0 Å². The van der Waals surface area contributed by atoms with Gasteiger partial charge in [0, 0.05) is 26.1 Å². The second-order valence-corrected chi connectivity index (χ2v) is 11.5. The molecular formula is C30H45N9O8. The van der Waals surface area contributed by atoms with Crippen LogP contribution in [0.15, 0.2) is 35.3 Å². The molecule has 5 atom stereocenters. The second-order valence-electron chi connectivity index (χ2n) is 11.5. The number of hydrogen-bond acceptors (Lipinski definition) is 9. The van der Waals surface area contributed by atoms with Gasteiger partial charge in [-0.1, -0.05) is 30.3 Å². The minimum atomic E-state index is -1.43. The minimum absolute atomic E-state index is 0.0200. The molecule has 11 N–H and O–H groups in total. The number of benzene rings is 1. The van der Waals surface area contributed by atoms with E-state index in [1.165, 1.54) is 4.90 Å². The van der Waals surface area contributed by atoms with Gasteiger partial charge in [-0.05, 0) is 44.1 Å². The number of aliphatic imine (C=N–C) groups is 1.